The minimum Gasteiger partial charge on any atom is -0.485 e. The van der Waals surface area contributed by atoms with Gasteiger partial charge in [-0.1, -0.05) is 23.9 Å². The minimum absolute atomic E-state index is 0.0675. The van der Waals surface area contributed by atoms with Gasteiger partial charge in [0.15, 0.2) is 11.5 Å². The van der Waals surface area contributed by atoms with E-state index in [1.54, 1.807) is 26.8 Å². The molecule has 1 aliphatic rings. The van der Waals surface area contributed by atoms with Gasteiger partial charge in [0.2, 0.25) is 12.0 Å². The molecule has 0 unspecified atom stereocenters. The van der Waals surface area contributed by atoms with E-state index in [0.29, 0.717) is 11.5 Å². The lowest BCUT2D eigenvalue weighted by Gasteiger charge is -2.23. The van der Waals surface area contributed by atoms with Gasteiger partial charge in [-0.2, -0.15) is 0 Å². The van der Waals surface area contributed by atoms with Crippen molar-refractivity contribution in [1.82, 2.24) is 20.8 Å². The topological polar surface area (TPSA) is 116 Å². The molecule has 1 aromatic heterocycles. The highest BCUT2D eigenvalue weighted by atomic mass is 32.2. The number of hydrogen-bond acceptors (Lipinski definition) is 8. The number of hydrogen-bond donors (Lipinski definition) is 2. The standard InChI is InChI=1S/C17H20N4O5S/c1-9(2)18-16(23)19-14(22)10(3)27-17-21-20-15(26-17)13-8-24-11-6-4-5-7-12(11)25-13/h4-7,9-10,13H,8H2,1-3H3,(H2,18,19,22,23)/t10-,13+/m1/s1. The van der Waals surface area contributed by atoms with Crippen molar-refractivity contribution in [3.05, 3.63) is 30.2 Å². The number of benzene rings is 1. The highest BCUT2D eigenvalue weighted by Crippen LogP contribution is 2.36. The lowest BCUT2D eigenvalue weighted by Crippen LogP contribution is -2.45. The van der Waals surface area contributed by atoms with Crippen LogP contribution in [0.2, 0.25) is 0 Å². The average molecular weight is 392 g/mol. The third kappa shape index (κ3) is 4.91. The van der Waals surface area contributed by atoms with Gasteiger partial charge in [0.05, 0.1) is 5.25 Å². The van der Waals surface area contributed by atoms with Crippen LogP contribution in [0.3, 0.4) is 0 Å². The van der Waals surface area contributed by atoms with Gasteiger partial charge in [-0.25, -0.2) is 4.79 Å². The molecule has 2 N–H and O–H groups in total. The maximum absolute atomic E-state index is 12.1. The number of nitrogens with zero attached hydrogens (tertiary/aromatic N) is 2. The number of carbonyl (C=O) groups is 2. The van der Waals surface area contributed by atoms with Crippen molar-refractivity contribution in [3.8, 4) is 11.5 Å². The molecule has 10 heteroatoms. The highest BCUT2D eigenvalue weighted by Gasteiger charge is 2.28. The van der Waals surface area contributed by atoms with E-state index in [9.17, 15) is 9.59 Å². The van der Waals surface area contributed by atoms with Gasteiger partial charge in [-0.15, -0.1) is 10.2 Å². The van der Waals surface area contributed by atoms with Crippen molar-refractivity contribution in [3.63, 3.8) is 0 Å². The Kier molecular flexibility index (Phi) is 5.84. The number of rotatable bonds is 5. The summed E-state index contributed by atoms with van der Waals surface area (Å²) in [6.45, 7) is 5.49. The van der Waals surface area contributed by atoms with Crippen LogP contribution in [0.25, 0.3) is 0 Å². The molecule has 2 aromatic rings. The number of aromatic nitrogens is 2. The molecule has 2 heterocycles. The molecular formula is C17H20N4O5S. The zero-order chi connectivity index (χ0) is 19.4. The summed E-state index contributed by atoms with van der Waals surface area (Å²) >= 11 is 1.05. The van der Waals surface area contributed by atoms with Gasteiger partial charge < -0.3 is 19.2 Å². The highest BCUT2D eigenvalue weighted by molar-refractivity contribution is 8.00. The first kappa shape index (κ1) is 19.0. The molecule has 0 fully saturated rings. The van der Waals surface area contributed by atoms with Crippen LogP contribution in [0.4, 0.5) is 4.79 Å². The summed E-state index contributed by atoms with van der Waals surface area (Å²) in [4.78, 5) is 23.7. The Hall–Kier alpha value is -2.75. The lowest BCUT2D eigenvalue weighted by atomic mass is 10.2. The first-order valence-corrected chi connectivity index (χ1v) is 9.30. The summed E-state index contributed by atoms with van der Waals surface area (Å²) in [6, 6.07) is 6.70. The van der Waals surface area contributed by atoms with Crippen LogP contribution in [0.5, 0.6) is 11.5 Å². The third-order valence-electron chi connectivity index (χ3n) is 3.51. The summed E-state index contributed by atoms with van der Waals surface area (Å²) in [7, 11) is 0. The van der Waals surface area contributed by atoms with E-state index in [1.807, 2.05) is 18.2 Å². The van der Waals surface area contributed by atoms with Gasteiger partial charge in [0.25, 0.3) is 11.1 Å². The van der Waals surface area contributed by atoms with Gasteiger partial charge in [-0.05, 0) is 32.9 Å². The van der Waals surface area contributed by atoms with Gasteiger partial charge in [-0.3, -0.25) is 10.1 Å². The van der Waals surface area contributed by atoms with Crippen molar-refractivity contribution >= 4 is 23.7 Å². The third-order valence-corrected chi connectivity index (χ3v) is 4.44. The van der Waals surface area contributed by atoms with Crippen LogP contribution >= 0.6 is 11.8 Å². The number of ether oxygens (including phenoxy) is 2. The number of nitrogens with one attached hydrogen (secondary N) is 2. The normalized spacial score (nSPS) is 16.7. The molecule has 3 amide bonds. The van der Waals surface area contributed by atoms with E-state index in [1.165, 1.54) is 0 Å². The van der Waals surface area contributed by atoms with Crippen molar-refractivity contribution in [1.29, 1.82) is 0 Å². The lowest BCUT2D eigenvalue weighted by molar-refractivity contribution is -0.119. The van der Waals surface area contributed by atoms with Crippen LogP contribution in [-0.2, 0) is 4.79 Å². The molecule has 1 aliphatic heterocycles. The molecule has 0 radical (unpaired) electrons. The number of thioether (sulfide) groups is 1. The molecule has 2 atom stereocenters. The summed E-state index contributed by atoms with van der Waals surface area (Å²) in [5, 5.41) is 12.4. The molecule has 0 aliphatic carbocycles. The Bertz CT molecular complexity index is 825. The summed E-state index contributed by atoms with van der Waals surface area (Å²) in [6.07, 6.45) is -0.525. The Balaban J connectivity index is 1.56. The molecule has 1 aromatic carbocycles. The predicted octanol–water partition coefficient (Wildman–Crippen LogP) is 2.30. The molecule has 0 bridgehead atoms. The van der Waals surface area contributed by atoms with E-state index < -0.39 is 23.3 Å². The van der Waals surface area contributed by atoms with E-state index >= 15 is 0 Å². The Morgan fingerprint density at radius 1 is 1.19 bits per heavy atom. The quantitative estimate of drug-likeness (QED) is 0.745. The Morgan fingerprint density at radius 2 is 1.93 bits per heavy atom. The second kappa shape index (κ2) is 8.30. The first-order valence-electron chi connectivity index (χ1n) is 8.42. The fourth-order valence-electron chi connectivity index (χ4n) is 2.26. The van der Waals surface area contributed by atoms with Crippen LogP contribution in [0, 0.1) is 0 Å². The molecule has 3 rings (SSSR count). The van der Waals surface area contributed by atoms with Crippen molar-refractivity contribution in [2.75, 3.05) is 6.61 Å². The fraction of sp³-hybridized carbons (Fsp3) is 0.412. The summed E-state index contributed by atoms with van der Waals surface area (Å²) in [5.74, 6) is 1.07. The Morgan fingerprint density at radius 3 is 2.67 bits per heavy atom. The van der Waals surface area contributed by atoms with Crippen LogP contribution < -0.4 is 20.1 Å². The largest absolute Gasteiger partial charge is 0.485 e. The second-order valence-corrected chi connectivity index (χ2v) is 7.44. The monoisotopic (exact) mass is 392 g/mol. The van der Waals surface area contributed by atoms with E-state index in [-0.39, 0.29) is 23.8 Å². The smallest absolute Gasteiger partial charge is 0.321 e. The zero-order valence-corrected chi connectivity index (χ0v) is 15.9. The van der Waals surface area contributed by atoms with Crippen molar-refractivity contribution in [2.45, 2.75) is 43.4 Å². The minimum atomic E-state index is -0.597. The molecule has 0 saturated carbocycles. The molecule has 0 spiro atoms. The maximum atomic E-state index is 12.1. The SMILES string of the molecule is CC(C)NC(=O)NC(=O)[C@@H](C)Sc1nnc([C@@H]2COc3ccccc3O2)o1. The maximum Gasteiger partial charge on any atom is 0.321 e. The van der Waals surface area contributed by atoms with Crippen molar-refractivity contribution in [2.24, 2.45) is 0 Å². The van der Waals surface area contributed by atoms with Gasteiger partial charge in [0.1, 0.15) is 6.61 Å². The number of amides is 3. The number of urea groups is 1. The predicted molar refractivity (Wildman–Crippen MR) is 96.7 cm³/mol. The second-order valence-electron chi connectivity index (χ2n) is 6.15. The molecule has 144 valence electrons. The van der Waals surface area contributed by atoms with Gasteiger partial charge in [0, 0.05) is 6.04 Å². The Labute approximate surface area is 160 Å². The van der Waals surface area contributed by atoms with E-state index in [2.05, 4.69) is 20.8 Å². The average Bonchev–Trinajstić information content (AvgIpc) is 3.09. The van der Waals surface area contributed by atoms with Crippen molar-refractivity contribution < 1.29 is 23.5 Å². The molecule has 27 heavy (non-hydrogen) atoms. The van der Waals surface area contributed by atoms with Crippen LogP contribution in [0.15, 0.2) is 33.9 Å². The van der Waals surface area contributed by atoms with Gasteiger partial charge >= 0.3 is 6.03 Å². The first-order chi connectivity index (χ1) is 12.9. The zero-order valence-electron chi connectivity index (χ0n) is 15.1. The van der Waals surface area contributed by atoms with E-state index in [4.69, 9.17) is 13.9 Å². The fourth-order valence-corrected chi connectivity index (χ4v) is 2.95. The number of carbonyl (C=O) groups excluding carboxylic acids is 2. The molecule has 0 saturated heterocycles. The van der Waals surface area contributed by atoms with Crippen LogP contribution in [0.1, 0.15) is 32.8 Å². The summed E-state index contributed by atoms with van der Waals surface area (Å²) < 4.78 is 17.0. The molecule has 9 nitrogen and oxygen atoms in total. The summed E-state index contributed by atoms with van der Waals surface area (Å²) in [5.41, 5.74) is 0. The number of para-hydroxylation sites is 2. The number of imide groups is 1. The number of fused-ring (bicyclic) bond motifs is 1. The molecular weight excluding hydrogens is 372 g/mol. The van der Waals surface area contributed by atoms with E-state index in [0.717, 1.165) is 11.8 Å². The van der Waals surface area contributed by atoms with Crippen LogP contribution in [-0.4, -0.2) is 40.0 Å².